The predicted molar refractivity (Wildman–Crippen MR) is 122 cm³/mol. The summed E-state index contributed by atoms with van der Waals surface area (Å²) in [5.74, 6) is -0.167. The number of nitrogens with one attached hydrogen (secondary N) is 1. The van der Waals surface area contributed by atoms with E-state index < -0.39 is 28.3 Å². The zero-order valence-electron chi connectivity index (χ0n) is 18.5. The van der Waals surface area contributed by atoms with Crippen LogP contribution in [-0.4, -0.2) is 34.2 Å². The van der Waals surface area contributed by atoms with Crippen molar-refractivity contribution in [2.75, 3.05) is 24.2 Å². The molecule has 0 aliphatic rings. The van der Waals surface area contributed by atoms with Crippen LogP contribution in [0.15, 0.2) is 30.3 Å². The number of hydrogen-bond donors (Lipinski definition) is 1. The molecule has 0 aromatic heterocycles. The van der Waals surface area contributed by atoms with Gasteiger partial charge < -0.3 is 10.1 Å². The van der Waals surface area contributed by atoms with Crippen molar-refractivity contribution < 1.29 is 22.3 Å². The summed E-state index contributed by atoms with van der Waals surface area (Å²) in [6.45, 7) is 7.40. The van der Waals surface area contributed by atoms with Crippen LogP contribution >= 0.6 is 11.6 Å². The number of aryl methyl sites for hydroxylation is 1. The standard InChI is InChI=1S/C22H28ClFN2O4S/c1-13(2)17-11-18(14(3)9-21(17)30-5)15(4)25-22(27)12-26(31(6,28)29)16-7-8-20(24)19(23)10-16/h7-11,13,15H,12H2,1-6H3,(H,25,27)/t15-/m1/s1. The minimum absolute atomic E-state index is 0.111. The number of halogens is 2. The van der Waals surface area contributed by atoms with Crippen LogP contribution in [-0.2, 0) is 14.8 Å². The van der Waals surface area contributed by atoms with E-state index in [2.05, 4.69) is 19.2 Å². The number of rotatable bonds is 8. The number of hydrogen-bond acceptors (Lipinski definition) is 4. The van der Waals surface area contributed by atoms with Gasteiger partial charge >= 0.3 is 0 Å². The van der Waals surface area contributed by atoms with E-state index in [4.69, 9.17) is 16.3 Å². The van der Waals surface area contributed by atoms with E-state index >= 15 is 0 Å². The second-order valence-electron chi connectivity index (χ2n) is 7.76. The highest BCUT2D eigenvalue weighted by Crippen LogP contribution is 2.32. The molecule has 2 aromatic rings. The first-order valence-corrected chi connectivity index (χ1v) is 12.0. The molecule has 0 saturated heterocycles. The van der Waals surface area contributed by atoms with Crippen molar-refractivity contribution in [1.82, 2.24) is 5.32 Å². The smallest absolute Gasteiger partial charge is 0.241 e. The number of nitrogens with zero attached hydrogens (tertiary/aromatic N) is 1. The lowest BCUT2D eigenvalue weighted by Gasteiger charge is -2.24. The van der Waals surface area contributed by atoms with E-state index in [1.807, 2.05) is 26.0 Å². The Morgan fingerprint density at radius 3 is 2.35 bits per heavy atom. The fraction of sp³-hybridized carbons (Fsp3) is 0.409. The molecule has 0 spiro atoms. The van der Waals surface area contributed by atoms with Gasteiger partial charge in [-0.15, -0.1) is 0 Å². The van der Waals surface area contributed by atoms with Gasteiger partial charge in [0.2, 0.25) is 15.9 Å². The van der Waals surface area contributed by atoms with Gasteiger partial charge in [-0.2, -0.15) is 0 Å². The number of benzene rings is 2. The van der Waals surface area contributed by atoms with Crippen molar-refractivity contribution in [3.05, 3.63) is 57.9 Å². The summed E-state index contributed by atoms with van der Waals surface area (Å²) in [5, 5.41) is 2.62. The minimum Gasteiger partial charge on any atom is -0.496 e. The number of ether oxygens (including phenoxy) is 1. The number of anilines is 1. The Labute approximate surface area is 188 Å². The minimum atomic E-state index is -3.80. The highest BCUT2D eigenvalue weighted by Gasteiger charge is 2.23. The second-order valence-corrected chi connectivity index (χ2v) is 10.1. The topological polar surface area (TPSA) is 75.7 Å². The monoisotopic (exact) mass is 470 g/mol. The highest BCUT2D eigenvalue weighted by molar-refractivity contribution is 7.92. The molecule has 1 N–H and O–H groups in total. The maximum atomic E-state index is 13.5. The lowest BCUT2D eigenvalue weighted by atomic mass is 9.93. The Morgan fingerprint density at radius 1 is 1.19 bits per heavy atom. The molecule has 0 aliphatic heterocycles. The third-order valence-corrected chi connectivity index (χ3v) is 6.39. The molecule has 0 bridgehead atoms. The molecule has 0 heterocycles. The Hall–Kier alpha value is -2.32. The van der Waals surface area contributed by atoms with Gasteiger partial charge in [0, 0.05) is 0 Å². The molecule has 0 unspecified atom stereocenters. The lowest BCUT2D eigenvalue weighted by molar-refractivity contribution is -0.120. The first-order chi connectivity index (χ1) is 14.3. The van der Waals surface area contributed by atoms with Crippen molar-refractivity contribution in [2.45, 2.75) is 39.7 Å². The summed E-state index contributed by atoms with van der Waals surface area (Å²) in [6, 6.07) is 7.06. The maximum Gasteiger partial charge on any atom is 0.241 e. The molecule has 2 aromatic carbocycles. The van der Waals surface area contributed by atoms with E-state index in [1.54, 1.807) is 7.11 Å². The Balaban J connectivity index is 2.27. The summed E-state index contributed by atoms with van der Waals surface area (Å²) in [4.78, 5) is 12.7. The first-order valence-electron chi connectivity index (χ1n) is 9.75. The molecule has 0 radical (unpaired) electrons. The summed E-state index contributed by atoms with van der Waals surface area (Å²) >= 11 is 5.78. The van der Waals surface area contributed by atoms with Gasteiger partial charge in [0.1, 0.15) is 18.1 Å². The van der Waals surface area contributed by atoms with E-state index in [9.17, 15) is 17.6 Å². The maximum absolute atomic E-state index is 13.5. The Kier molecular flexibility index (Phi) is 7.94. The molecule has 0 aliphatic carbocycles. The molecule has 170 valence electrons. The first kappa shape index (κ1) is 24.9. The van der Waals surface area contributed by atoms with E-state index in [-0.39, 0.29) is 22.7 Å². The van der Waals surface area contributed by atoms with Gasteiger partial charge in [-0.25, -0.2) is 12.8 Å². The third-order valence-electron chi connectivity index (χ3n) is 4.96. The highest BCUT2D eigenvalue weighted by atomic mass is 35.5. The van der Waals surface area contributed by atoms with E-state index in [1.165, 1.54) is 12.1 Å². The third kappa shape index (κ3) is 6.11. The van der Waals surface area contributed by atoms with Crippen molar-refractivity contribution >= 4 is 33.2 Å². The quantitative estimate of drug-likeness (QED) is 0.613. The normalized spacial score (nSPS) is 12.5. The van der Waals surface area contributed by atoms with Gasteiger partial charge in [-0.1, -0.05) is 25.4 Å². The van der Waals surface area contributed by atoms with Crippen LogP contribution in [0, 0.1) is 12.7 Å². The molecule has 2 rings (SSSR count). The molecule has 9 heteroatoms. The predicted octanol–water partition coefficient (Wildman–Crippen LogP) is 4.56. The van der Waals surface area contributed by atoms with Crippen molar-refractivity contribution in [2.24, 2.45) is 0 Å². The van der Waals surface area contributed by atoms with E-state index in [0.29, 0.717) is 0 Å². The number of amides is 1. The molecule has 6 nitrogen and oxygen atoms in total. The number of sulfonamides is 1. The van der Waals surface area contributed by atoms with E-state index in [0.717, 1.165) is 39.1 Å². The summed E-state index contributed by atoms with van der Waals surface area (Å²) in [6.07, 6.45) is 0.976. The van der Waals surface area contributed by atoms with Gasteiger partial charge in [0.15, 0.2) is 0 Å². The van der Waals surface area contributed by atoms with Crippen LogP contribution < -0.4 is 14.4 Å². The number of methoxy groups -OCH3 is 1. The van der Waals surface area contributed by atoms with Crippen LogP contribution in [0.5, 0.6) is 5.75 Å². The van der Waals surface area contributed by atoms with Crippen LogP contribution in [0.4, 0.5) is 10.1 Å². The summed E-state index contributed by atoms with van der Waals surface area (Å²) in [5.41, 5.74) is 2.98. The fourth-order valence-corrected chi connectivity index (χ4v) is 4.37. The van der Waals surface area contributed by atoms with Crippen molar-refractivity contribution in [3.63, 3.8) is 0 Å². The SMILES string of the molecule is COc1cc(C)c([C@@H](C)NC(=O)CN(c2ccc(F)c(Cl)c2)S(C)(=O)=O)cc1C(C)C. The van der Waals surface area contributed by atoms with Crippen LogP contribution in [0.3, 0.4) is 0 Å². The molecule has 0 fully saturated rings. The summed E-state index contributed by atoms with van der Waals surface area (Å²) in [7, 11) is -2.19. The van der Waals surface area contributed by atoms with Crippen LogP contribution in [0.25, 0.3) is 0 Å². The van der Waals surface area contributed by atoms with Gasteiger partial charge in [-0.3, -0.25) is 9.10 Å². The fourth-order valence-electron chi connectivity index (χ4n) is 3.35. The zero-order valence-corrected chi connectivity index (χ0v) is 20.1. The van der Waals surface area contributed by atoms with Crippen LogP contribution in [0.1, 0.15) is 49.4 Å². The average Bonchev–Trinajstić information content (AvgIpc) is 2.66. The van der Waals surface area contributed by atoms with Crippen LogP contribution in [0.2, 0.25) is 5.02 Å². The number of carbonyl (C=O) groups is 1. The average molecular weight is 471 g/mol. The zero-order chi connectivity index (χ0) is 23.5. The number of carbonyl (C=O) groups excluding carboxylic acids is 1. The molecule has 1 amide bonds. The van der Waals surface area contributed by atoms with Crippen molar-refractivity contribution in [3.8, 4) is 5.75 Å². The molecular weight excluding hydrogens is 443 g/mol. The van der Waals surface area contributed by atoms with Gasteiger partial charge in [0.05, 0.1) is 30.1 Å². The summed E-state index contributed by atoms with van der Waals surface area (Å²) < 4.78 is 44.3. The van der Waals surface area contributed by atoms with Crippen molar-refractivity contribution in [1.29, 1.82) is 0 Å². The lowest BCUT2D eigenvalue weighted by Crippen LogP contribution is -2.41. The van der Waals surface area contributed by atoms with Gasteiger partial charge in [-0.05, 0) is 66.8 Å². The Morgan fingerprint density at radius 2 is 1.84 bits per heavy atom. The second kappa shape index (κ2) is 9.87. The molecular formula is C22H28ClFN2O4S. The molecule has 0 saturated carbocycles. The van der Waals surface area contributed by atoms with Gasteiger partial charge in [0.25, 0.3) is 0 Å². The largest absolute Gasteiger partial charge is 0.496 e. The Bertz CT molecular complexity index is 1070. The molecule has 1 atom stereocenters. The molecule has 31 heavy (non-hydrogen) atoms.